The van der Waals surface area contributed by atoms with Crippen LogP contribution in [0.1, 0.15) is 6.92 Å². The highest BCUT2D eigenvalue weighted by atomic mass is 32.2. The number of rotatable bonds is 4. The maximum absolute atomic E-state index is 11.4. The maximum atomic E-state index is 11.4. The van der Waals surface area contributed by atoms with Gasteiger partial charge >= 0.3 is 0 Å². The number of hydrogen-bond acceptors (Lipinski definition) is 6. The summed E-state index contributed by atoms with van der Waals surface area (Å²) in [6, 6.07) is 9.34. The summed E-state index contributed by atoms with van der Waals surface area (Å²) in [6.45, 7) is 1.29. The molecule has 0 saturated carbocycles. The Morgan fingerprint density at radius 1 is 1.32 bits per heavy atom. The third-order valence-corrected chi connectivity index (χ3v) is 3.01. The highest BCUT2D eigenvalue weighted by Gasteiger charge is 2.11. The lowest BCUT2D eigenvalue weighted by Gasteiger charge is -2.03. The molecule has 0 fully saturated rings. The lowest BCUT2D eigenvalue weighted by molar-refractivity contribution is -0.127. The smallest absolute Gasteiger partial charge is 0.237 e. The van der Waals surface area contributed by atoms with E-state index in [1.807, 2.05) is 30.3 Å². The first-order chi connectivity index (χ1) is 9.16. The molecular formula is C11H11N5O2S. The zero-order valence-electron chi connectivity index (χ0n) is 10.1. The number of tetrazole rings is 1. The monoisotopic (exact) mass is 277 g/mol. The van der Waals surface area contributed by atoms with E-state index in [0.29, 0.717) is 5.16 Å². The summed E-state index contributed by atoms with van der Waals surface area (Å²) in [5.74, 6) is -0.680. The molecule has 0 bridgehead atoms. The summed E-state index contributed by atoms with van der Waals surface area (Å²) in [6.07, 6.45) is 0. The van der Waals surface area contributed by atoms with Crippen molar-refractivity contribution < 1.29 is 9.59 Å². The summed E-state index contributed by atoms with van der Waals surface area (Å²) in [5, 5.41) is 14.0. The van der Waals surface area contributed by atoms with Gasteiger partial charge < -0.3 is 0 Å². The van der Waals surface area contributed by atoms with Crippen molar-refractivity contribution >= 4 is 23.6 Å². The van der Waals surface area contributed by atoms with Crippen molar-refractivity contribution in [3.63, 3.8) is 0 Å². The van der Waals surface area contributed by atoms with Crippen LogP contribution in [0.25, 0.3) is 5.69 Å². The van der Waals surface area contributed by atoms with E-state index < -0.39 is 0 Å². The molecule has 1 aromatic carbocycles. The maximum Gasteiger partial charge on any atom is 0.237 e. The van der Waals surface area contributed by atoms with Gasteiger partial charge in [-0.15, -0.1) is 5.10 Å². The van der Waals surface area contributed by atoms with Gasteiger partial charge in [0.2, 0.25) is 17.0 Å². The second-order valence-electron chi connectivity index (χ2n) is 3.60. The molecule has 2 aromatic rings. The van der Waals surface area contributed by atoms with Crippen LogP contribution >= 0.6 is 11.8 Å². The van der Waals surface area contributed by atoms with Crippen LogP contribution in [-0.2, 0) is 9.59 Å². The Bertz CT molecular complexity index is 584. The number of carbonyl (C=O) groups is 2. The second-order valence-corrected chi connectivity index (χ2v) is 4.54. The van der Waals surface area contributed by atoms with Crippen molar-refractivity contribution in [2.45, 2.75) is 12.1 Å². The van der Waals surface area contributed by atoms with Crippen molar-refractivity contribution in [3.05, 3.63) is 30.3 Å². The van der Waals surface area contributed by atoms with Crippen molar-refractivity contribution in [1.29, 1.82) is 0 Å². The second kappa shape index (κ2) is 6.10. The van der Waals surface area contributed by atoms with Crippen LogP contribution in [0.2, 0.25) is 0 Å². The first kappa shape index (κ1) is 13.2. The Kier molecular flexibility index (Phi) is 4.24. The molecule has 0 saturated heterocycles. The van der Waals surface area contributed by atoms with Gasteiger partial charge in [-0.3, -0.25) is 14.9 Å². The Hall–Kier alpha value is -2.22. The highest BCUT2D eigenvalue weighted by molar-refractivity contribution is 7.99. The first-order valence-corrected chi connectivity index (χ1v) is 6.42. The average Bonchev–Trinajstić information content (AvgIpc) is 2.85. The SMILES string of the molecule is CC(=O)NC(=O)CSc1nnnn1-c1ccccc1. The number of nitrogens with one attached hydrogen (secondary N) is 1. The van der Waals surface area contributed by atoms with E-state index in [-0.39, 0.29) is 17.6 Å². The van der Waals surface area contributed by atoms with Gasteiger partial charge in [0.05, 0.1) is 11.4 Å². The number of nitrogens with zero attached hydrogens (tertiary/aromatic N) is 4. The normalized spacial score (nSPS) is 10.2. The van der Waals surface area contributed by atoms with Gasteiger partial charge in [-0.25, -0.2) is 0 Å². The van der Waals surface area contributed by atoms with Crippen LogP contribution < -0.4 is 5.32 Å². The van der Waals surface area contributed by atoms with Gasteiger partial charge in [0, 0.05) is 6.92 Å². The van der Waals surface area contributed by atoms with Gasteiger partial charge in [-0.2, -0.15) is 4.68 Å². The summed E-state index contributed by atoms with van der Waals surface area (Å²) in [5.41, 5.74) is 0.807. The van der Waals surface area contributed by atoms with E-state index in [1.54, 1.807) is 0 Å². The van der Waals surface area contributed by atoms with Crippen LogP contribution in [0.15, 0.2) is 35.5 Å². The molecule has 2 amide bonds. The number of thioether (sulfide) groups is 1. The molecule has 1 aromatic heterocycles. The van der Waals surface area contributed by atoms with E-state index in [1.165, 1.54) is 11.6 Å². The molecule has 1 N–H and O–H groups in total. The number of para-hydroxylation sites is 1. The fourth-order valence-electron chi connectivity index (χ4n) is 1.36. The van der Waals surface area contributed by atoms with Crippen LogP contribution in [0.5, 0.6) is 0 Å². The Morgan fingerprint density at radius 3 is 2.74 bits per heavy atom. The number of aromatic nitrogens is 4. The minimum absolute atomic E-state index is 0.0762. The van der Waals surface area contributed by atoms with Gasteiger partial charge in [0.15, 0.2) is 0 Å². The molecule has 0 atom stereocenters. The third kappa shape index (κ3) is 3.62. The van der Waals surface area contributed by atoms with E-state index in [2.05, 4.69) is 20.8 Å². The number of imide groups is 1. The molecule has 0 aliphatic rings. The van der Waals surface area contributed by atoms with Crippen molar-refractivity contribution in [1.82, 2.24) is 25.5 Å². The molecule has 0 radical (unpaired) electrons. The number of benzene rings is 1. The molecule has 0 unspecified atom stereocenters. The fourth-order valence-corrected chi connectivity index (χ4v) is 2.05. The summed E-state index contributed by atoms with van der Waals surface area (Å²) < 4.78 is 1.53. The first-order valence-electron chi connectivity index (χ1n) is 5.44. The largest absolute Gasteiger partial charge is 0.296 e. The van der Waals surface area contributed by atoms with E-state index in [0.717, 1.165) is 17.4 Å². The molecule has 2 rings (SSSR count). The van der Waals surface area contributed by atoms with Crippen molar-refractivity contribution in [2.24, 2.45) is 0 Å². The zero-order chi connectivity index (χ0) is 13.7. The van der Waals surface area contributed by atoms with Crippen LogP contribution in [-0.4, -0.2) is 37.8 Å². The predicted molar refractivity (Wildman–Crippen MR) is 68.7 cm³/mol. The molecule has 0 spiro atoms. The quantitative estimate of drug-likeness (QED) is 0.814. The number of carbonyl (C=O) groups excluding carboxylic acids is 2. The van der Waals surface area contributed by atoms with Gasteiger partial charge in [-0.05, 0) is 22.6 Å². The molecule has 0 aliphatic heterocycles. The lowest BCUT2D eigenvalue weighted by Crippen LogP contribution is -2.29. The molecular weight excluding hydrogens is 266 g/mol. The van der Waals surface area contributed by atoms with E-state index in [9.17, 15) is 9.59 Å². The number of hydrogen-bond donors (Lipinski definition) is 1. The van der Waals surface area contributed by atoms with Gasteiger partial charge in [0.1, 0.15) is 0 Å². The fraction of sp³-hybridized carbons (Fsp3) is 0.182. The van der Waals surface area contributed by atoms with Crippen molar-refractivity contribution in [3.8, 4) is 5.69 Å². The Morgan fingerprint density at radius 2 is 2.05 bits per heavy atom. The van der Waals surface area contributed by atoms with Crippen LogP contribution in [0, 0.1) is 0 Å². The van der Waals surface area contributed by atoms with Gasteiger partial charge in [0.25, 0.3) is 0 Å². The molecule has 7 nitrogen and oxygen atoms in total. The predicted octanol–water partition coefficient (Wildman–Crippen LogP) is 0.417. The topological polar surface area (TPSA) is 89.8 Å². The highest BCUT2D eigenvalue weighted by Crippen LogP contribution is 2.17. The molecule has 1 heterocycles. The van der Waals surface area contributed by atoms with E-state index in [4.69, 9.17) is 0 Å². The third-order valence-electron chi connectivity index (χ3n) is 2.09. The minimum Gasteiger partial charge on any atom is -0.296 e. The average molecular weight is 277 g/mol. The lowest BCUT2D eigenvalue weighted by atomic mass is 10.3. The van der Waals surface area contributed by atoms with Crippen molar-refractivity contribution in [2.75, 3.05) is 5.75 Å². The molecule has 98 valence electrons. The molecule has 0 aliphatic carbocycles. The summed E-state index contributed by atoms with van der Waals surface area (Å²) in [7, 11) is 0. The number of amides is 2. The van der Waals surface area contributed by atoms with Gasteiger partial charge in [-0.1, -0.05) is 30.0 Å². The molecule has 19 heavy (non-hydrogen) atoms. The van der Waals surface area contributed by atoms with E-state index >= 15 is 0 Å². The summed E-state index contributed by atoms with van der Waals surface area (Å²) in [4.78, 5) is 22.1. The zero-order valence-corrected chi connectivity index (χ0v) is 10.9. The Balaban J connectivity index is 2.05. The van der Waals surface area contributed by atoms with Crippen LogP contribution in [0.4, 0.5) is 0 Å². The standard InChI is InChI=1S/C11H11N5O2S/c1-8(17)12-10(18)7-19-11-13-14-15-16(11)9-5-3-2-4-6-9/h2-6H,7H2,1H3,(H,12,17,18). The van der Waals surface area contributed by atoms with Crippen LogP contribution in [0.3, 0.4) is 0 Å². The summed E-state index contributed by atoms with van der Waals surface area (Å²) >= 11 is 1.16. The Labute approximate surface area is 113 Å². The minimum atomic E-state index is -0.381. The molecule has 8 heteroatoms.